The highest BCUT2D eigenvalue weighted by atomic mass is 35.5. The normalized spacial score (nSPS) is 14.3. The Balaban J connectivity index is 1.53. The molecule has 41 heavy (non-hydrogen) atoms. The third kappa shape index (κ3) is 6.32. The Labute approximate surface area is 245 Å². The smallest absolute Gasteiger partial charge is 0.269 e. The summed E-state index contributed by atoms with van der Waals surface area (Å²) in [5, 5.41) is 5.99. The van der Waals surface area contributed by atoms with E-state index in [0.717, 1.165) is 11.6 Å². The second-order valence-electron chi connectivity index (χ2n) is 8.87. The summed E-state index contributed by atoms with van der Waals surface area (Å²) in [4.78, 5) is 35.4. The number of para-hydroxylation sites is 1. The van der Waals surface area contributed by atoms with Gasteiger partial charge in [0.1, 0.15) is 23.9 Å². The van der Waals surface area contributed by atoms with Crippen LogP contribution in [0.2, 0.25) is 10.0 Å². The van der Waals surface area contributed by atoms with E-state index in [9.17, 15) is 14.0 Å². The number of aliphatic imine (C=N–C) groups is 1. The summed E-state index contributed by atoms with van der Waals surface area (Å²) in [6.45, 7) is 2.24. The van der Waals surface area contributed by atoms with Crippen molar-refractivity contribution in [3.8, 4) is 11.5 Å². The molecule has 208 valence electrons. The van der Waals surface area contributed by atoms with E-state index in [2.05, 4.69) is 20.6 Å². The van der Waals surface area contributed by atoms with Crippen LogP contribution in [0.4, 0.5) is 10.1 Å². The lowest BCUT2D eigenvalue weighted by atomic mass is 9.99. The van der Waals surface area contributed by atoms with Gasteiger partial charge in [-0.25, -0.2) is 9.38 Å². The third-order valence-electron chi connectivity index (χ3n) is 6.10. The number of halogens is 3. The van der Waals surface area contributed by atoms with Crippen molar-refractivity contribution in [2.45, 2.75) is 19.7 Å². The zero-order valence-electron chi connectivity index (χ0n) is 21.7. The summed E-state index contributed by atoms with van der Waals surface area (Å²) in [6.07, 6.45) is 1.81. The van der Waals surface area contributed by atoms with Crippen molar-refractivity contribution in [2.24, 2.45) is 4.99 Å². The molecule has 0 fully saturated rings. The van der Waals surface area contributed by atoms with Crippen LogP contribution in [0.3, 0.4) is 0 Å². The zero-order valence-corrected chi connectivity index (χ0v) is 23.2. The van der Waals surface area contributed by atoms with Crippen LogP contribution in [0.5, 0.6) is 11.5 Å². The molecule has 8 nitrogen and oxygen atoms in total. The van der Waals surface area contributed by atoms with E-state index >= 15 is 0 Å². The summed E-state index contributed by atoms with van der Waals surface area (Å²) in [7, 11) is 0. The fourth-order valence-electron chi connectivity index (χ4n) is 4.25. The maximum Gasteiger partial charge on any atom is 0.269 e. The van der Waals surface area contributed by atoms with Crippen molar-refractivity contribution in [2.75, 3.05) is 11.9 Å². The molecule has 4 aromatic rings. The predicted molar refractivity (Wildman–Crippen MR) is 155 cm³/mol. The summed E-state index contributed by atoms with van der Waals surface area (Å²) in [5.41, 5.74) is 2.39. The number of nitrogens with one attached hydrogen (secondary N) is 2. The Kier molecular flexibility index (Phi) is 8.47. The molecule has 2 N–H and O–H groups in total. The summed E-state index contributed by atoms with van der Waals surface area (Å²) in [5.74, 6) is -1.55. The van der Waals surface area contributed by atoms with Crippen LogP contribution >= 0.6 is 23.2 Å². The Morgan fingerprint density at radius 3 is 2.59 bits per heavy atom. The average Bonchev–Trinajstić information content (AvgIpc) is 3.08. The lowest BCUT2D eigenvalue weighted by molar-refractivity contribution is -0.117. The van der Waals surface area contributed by atoms with Gasteiger partial charge in [0.15, 0.2) is 0 Å². The number of benzodiazepines with no additional fused rings is 1. The lowest BCUT2D eigenvalue weighted by Gasteiger charge is -2.17. The molecule has 1 atom stereocenters. The van der Waals surface area contributed by atoms with Crippen molar-refractivity contribution >= 4 is 46.4 Å². The van der Waals surface area contributed by atoms with Gasteiger partial charge in [-0.3, -0.25) is 14.6 Å². The molecule has 1 aliphatic rings. The SMILES string of the molecule is CCOc1cc(Cl)cc(Cl)c1C1=NC(NC(=O)c2cc(F)ccc2OCc2ccncc2)C(=O)Nc2ccccc21. The van der Waals surface area contributed by atoms with Gasteiger partial charge >= 0.3 is 0 Å². The van der Waals surface area contributed by atoms with Gasteiger partial charge in [0.25, 0.3) is 11.8 Å². The van der Waals surface area contributed by atoms with Crippen LogP contribution < -0.4 is 20.1 Å². The number of fused-ring (bicyclic) bond motifs is 1. The van der Waals surface area contributed by atoms with Crippen molar-refractivity contribution < 1.29 is 23.5 Å². The number of ether oxygens (including phenoxy) is 2. The highest BCUT2D eigenvalue weighted by molar-refractivity contribution is 6.39. The number of hydrogen-bond acceptors (Lipinski definition) is 6. The highest BCUT2D eigenvalue weighted by Crippen LogP contribution is 2.36. The van der Waals surface area contributed by atoms with E-state index in [1.54, 1.807) is 60.9 Å². The average molecular weight is 593 g/mol. The van der Waals surface area contributed by atoms with Crippen LogP contribution in [0.1, 0.15) is 34.0 Å². The van der Waals surface area contributed by atoms with Gasteiger partial charge in [-0.2, -0.15) is 0 Å². The van der Waals surface area contributed by atoms with E-state index in [1.165, 1.54) is 12.1 Å². The number of amides is 2. The van der Waals surface area contributed by atoms with Crippen LogP contribution in [-0.2, 0) is 11.4 Å². The number of carbonyl (C=O) groups excluding carboxylic acids is 2. The molecule has 0 aliphatic carbocycles. The molecule has 3 aromatic carbocycles. The van der Waals surface area contributed by atoms with Crippen molar-refractivity contribution in [1.29, 1.82) is 0 Å². The fourth-order valence-corrected chi connectivity index (χ4v) is 4.81. The number of aromatic nitrogens is 1. The van der Waals surface area contributed by atoms with Gasteiger partial charge in [-0.1, -0.05) is 41.4 Å². The molecule has 1 unspecified atom stereocenters. The van der Waals surface area contributed by atoms with Gasteiger partial charge in [-0.05, 0) is 61.0 Å². The zero-order chi connectivity index (χ0) is 28.9. The topological polar surface area (TPSA) is 102 Å². The number of pyridine rings is 1. The van der Waals surface area contributed by atoms with E-state index in [-0.39, 0.29) is 22.9 Å². The molecular weight excluding hydrogens is 570 g/mol. The summed E-state index contributed by atoms with van der Waals surface area (Å²) < 4.78 is 25.9. The Bertz CT molecular complexity index is 1650. The van der Waals surface area contributed by atoms with Gasteiger partial charge in [0.2, 0.25) is 6.17 Å². The van der Waals surface area contributed by atoms with Crippen molar-refractivity contribution in [1.82, 2.24) is 10.3 Å². The maximum atomic E-state index is 14.3. The largest absolute Gasteiger partial charge is 0.493 e. The van der Waals surface area contributed by atoms with E-state index in [0.29, 0.717) is 39.9 Å². The minimum Gasteiger partial charge on any atom is -0.493 e. The number of hydrogen-bond donors (Lipinski definition) is 2. The fraction of sp³-hybridized carbons (Fsp3) is 0.133. The molecule has 2 heterocycles. The number of anilines is 1. The minimum atomic E-state index is -1.41. The molecule has 0 bridgehead atoms. The summed E-state index contributed by atoms with van der Waals surface area (Å²) >= 11 is 12.9. The second kappa shape index (κ2) is 12.4. The van der Waals surface area contributed by atoms with Gasteiger partial charge < -0.3 is 20.1 Å². The van der Waals surface area contributed by atoms with Gasteiger partial charge in [0.05, 0.1) is 34.2 Å². The Hall–Kier alpha value is -4.47. The van der Waals surface area contributed by atoms with Crippen LogP contribution in [0.15, 0.2) is 84.1 Å². The molecule has 5 rings (SSSR count). The standard InChI is InChI=1S/C30H23Cl2FN4O4/c1-2-40-25-14-18(31)13-22(32)26(25)27-20-5-3-4-6-23(20)35-30(39)28(36-27)37-29(38)21-15-19(33)7-8-24(21)41-16-17-9-11-34-12-10-17/h3-15,28H,2,16H2,1H3,(H,35,39)(H,37,38). The minimum absolute atomic E-state index is 0.107. The molecule has 0 spiro atoms. The van der Waals surface area contributed by atoms with Gasteiger partial charge in [0, 0.05) is 23.0 Å². The molecular formula is C30H23Cl2FN4O4. The third-order valence-corrected chi connectivity index (χ3v) is 6.62. The van der Waals surface area contributed by atoms with E-state index in [1.807, 2.05) is 6.92 Å². The predicted octanol–water partition coefficient (Wildman–Crippen LogP) is 6.05. The molecule has 0 saturated heterocycles. The molecule has 2 amide bonds. The first kappa shape index (κ1) is 28.1. The van der Waals surface area contributed by atoms with Crippen LogP contribution in [0.25, 0.3) is 0 Å². The first-order chi connectivity index (χ1) is 19.8. The van der Waals surface area contributed by atoms with Crippen molar-refractivity contribution in [3.05, 3.63) is 117 Å². The van der Waals surface area contributed by atoms with Gasteiger partial charge in [-0.15, -0.1) is 0 Å². The van der Waals surface area contributed by atoms with Crippen LogP contribution in [0, 0.1) is 5.82 Å². The molecule has 1 aliphatic heterocycles. The van der Waals surface area contributed by atoms with Crippen LogP contribution in [-0.4, -0.2) is 35.3 Å². The first-order valence-electron chi connectivity index (χ1n) is 12.6. The number of rotatable bonds is 8. The molecule has 1 aromatic heterocycles. The lowest BCUT2D eigenvalue weighted by Crippen LogP contribution is -2.42. The Morgan fingerprint density at radius 2 is 1.80 bits per heavy atom. The Morgan fingerprint density at radius 1 is 1.02 bits per heavy atom. The number of carbonyl (C=O) groups is 2. The number of nitrogens with zero attached hydrogens (tertiary/aromatic N) is 2. The van der Waals surface area contributed by atoms with E-state index < -0.39 is 23.8 Å². The monoisotopic (exact) mass is 592 g/mol. The molecule has 11 heteroatoms. The maximum absolute atomic E-state index is 14.3. The number of benzene rings is 3. The van der Waals surface area contributed by atoms with E-state index in [4.69, 9.17) is 32.7 Å². The first-order valence-corrected chi connectivity index (χ1v) is 13.3. The second-order valence-corrected chi connectivity index (χ2v) is 9.71. The quantitative estimate of drug-likeness (QED) is 0.259. The summed E-state index contributed by atoms with van der Waals surface area (Å²) in [6, 6.07) is 17.2. The molecule has 0 saturated carbocycles. The highest BCUT2D eigenvalue weighted by Gasteiger charge is 2.30. The van der Waals surface area contributed by atoms with Crippen molar-refractivity contribution in [3.63, 3.8) is 0 Å². The molecule has 0 radical (unpaired) electrons.